The van der Waals surface area contributed by atoms with Gasteiger partial charge in [-0.25, -0.2) is 0 Å². The second-order valence-corrected chi connectivity index (χ2v) is 7.20. The molecule has 0 aliphatic heterocycles. The summed E-state index contributed by atoms with van der Waals surface area (Å²) in [5, 5.41) is 0.918. The lowest BCUT2D eigenvalue weighted by molar-refractivity contribution is -0.548. The number of halogens is 17. The fourth-order valence-corrected chi connectivity index (χ4v) is 1.58. The van der Waals surface area contributed by atoms with Gasteiger partial charge in [0, 0.05) is 5.54 Å². The molecule has 0 aromatic heterocycles. The highest BCUT2D eigenvalue weighted by atomic mass is 19.4. The summed E-state index contributed by atoms with van der Waals surface area (Å²) in [6.45, 7) is 2.20. The Morgan fingerprint density at radius 2 is 0.941 bits per heavy atom. The minimum atomic E-state index is -8.03. The molecule has 21 heteroatoms. The molecule has 2 atom stereocenters. The predicted octanol–water partition coefficient (Wildman–Crippen LogP) is 5.77. The van der Waals surface area contributed by atoms with E-state index < -0.39 is 59.8 Å². The van der Waals surface area contributed by atoms with Crippen molar-refractivity contribution in [2.75, 3.05) is 0 Å². The van der Waals surface area contributed by atoms with E-state index in [1.807, 2.05) is 4.74 Å². The summed E-state index contributed by atoms with van der Waals surface area (Å²) in [6, 6.07) is 0. The van der Waals surface area contributed by atoms with Crippen LogP contribution < -0.4 is 5.32 Å². The van der Waals surface area contributed by atoms with Gasteiger partial charge >= 0.3 is 48.4 Å². The molecule has 0 aromatic rings. The van der Waals surface area contributed by atoms with Crippen LogP contribution in [-0.2, 0) is 14.3 Å². The number of alkyl halides is 17. The minimum absolute atomic E-state index is 0.734. The normalized spacial score (nSPS) is 18.8. The summed E-state index contributed by atoms with van der Waals surface area (Å²) < 4.78 is 223. The first-order chi connectivity index (χ1) is 14.3. The van der Waals surface area contributed by atoms with Crippen LogP contribution in [-0.4, -0.2) is 59.8 Å². The van der Waals surface area contributed by atoms with Crippen molar-refractivity contribution < 1.29 is 88.9 Å². The van der Waals surface area contributed by atoms with Crippen molar-refractivity contribution in [1.29, 1.82) is 0 Å². The smallest absolute Gasteiger partial charge is 0.346 e. The average molecular weight is 551 g/mol. The van der Waals surface area contributed by atoms with Gasteiger partial charge in [-0.2, -0.15) is 74.6 Å². The van der Waals surface area contributed by atoms with E-state index in [0.717, 1.165) is 26.1 Å². The van der Waals surface area contributed by atoms with Crippen molar-refractivity contribution in [3.05, 3.63) is 0 Å². The van der Waals surface area contributed by atoms with Gasteiger partial charge < -0.3 is 5.32 Å². The van der Waals surface area contributed by atoms with Crippen LogP contribution in [0.4, 0.5) is 74.6 Å². The zero-order valence-electron chi connectivity index (χ0n) is 16.2. The van der Waals surface area contributed by atoms with Crippen LogP contribution in [0.3, 0.4) is 0 Å². The van der Waals surface area contributed by atoms with E-state index in [1.54, 1.807) is 0 Å². The van der Waals surface area contributed by atoms with Crippen LogP contribution in [0.5, 0.6) is 0 Å². The molecular formula is C13H10F17NO3. The summed E-state index contributed by atoms with van der Waals surface area (Å²) in [7, 11) is 0. The number of hydrogen-bond acceptors (Lipinski definition) is 3. The molecule has 1 N–H and O–H groups in total. The van der Waals surface area contributed by atoms with Gasteiger partial charge in [-0.1, -0.05) is 0 Å². The third-order valence-electron chi connectivity index (χ3n) is 3.14. The van der Waals surface area contributed by atoms with Crippen molar-refractivity contribution >= 4 is 5.91 Å². The Hall–Kier alpha value is -1.80. The molecule has 0 aliphatic rings. The Morgan fingerprint density at radius 3 is 1.21 bits per heavy atom. The molecule has 0 rings (SSSR count). The van der Waals surface area contributed by atoms with Gasteiger partial charge in [-0.15, -0.1) is 0 Å². The standard InChI is InChI=1S/C13H10F17NO3/c1-5(2,3)31-4(32)6(14,9(18,19)20)33-13(29,30)8(17,11(24,25)26)34-12(27,28)7(15,16)10(21,22)23/h1-3H3,(H,31,32)/t6-,8-/m0/s1. The van der Waals surface area contributed by atoms with Crippen LogP contribution >= 0.6 is 0 Å². The SMILES string of the molecule is CC(C)(C)NC(=O)[C@](F)(OC(F)(F)[C@@](F)(OC(F)(F)C(F)(F)C(F)(F)F)C(F)(F)F)C(F)(F)F. The maximum atomic E-state index is 14.1. The van der Waals surface area contributed by atoms with Gasteiger partial charge in [-0.3, -0.25) is 14.3 Å². The lowest BCUT2D eigenvalue weighted by atomic mass is 10.1. The van der Waals surface area contributed by atoms with Gasteiger partial charge in [0.05, 0.1) is 0 Å². The van der Waals surface area contributed by atoms with Gasteiger partial charge in [0.25, 0.3) is 5.91 Å². The number of nitrogens with one attached hydrogen (secondary N) is 1. The second kappa shape index (κ2) is 8.40. The maximum absolute atomic E-state index is 14.1. The Labute approximate surface area is 176 Å². The first-order valence-corrected chi connectivity index (χ1v) is 7.73. The molecule has 0 spiro atoms. The molecule has 0 saturated carbocycles. The zero-order chi connectivity index (χ0) is 28.2. The highest BCUT2D eigenvalue weighted by Gasteiger charge is 2.85. The number of ether oxygens (including phenoxy) is 2. The summed E-state index contributed by atoms with van der Waals surface area (Å²) >= 11 is 0. The highest BCUT2D eigenvalue weighted by molar-refractivity contribution is 5.85. The third-order valence-corrected chi connectivity index (χ3v) is 3.14. The minimum Gasteiger partial charge on any atom is -0.346 e. The fourth-order valence-electron chi connectivity index (χ4n) is 1.58. The van der Waals surface area contributed by atoms with Crippen LogP contribution in [0, 0.1) is 0 Å². The summed E-state index contributed by atoms with van der Waals surface area (Å²) in [4.78, 5) is 11.4. The van der Waals surface area contributed by atoms with Crippen molar-refractivity contribution in [1.82, 2.24) is 5.32 Å². The molecule has 0 radical (unpaired) electrons. The van der Waals surface area contributed by atoms with E-state index in [0.29, 0.717) is 0 Å². The van der Waals surface area contributed by atoms with Gasteiger partial charge in [0.15, 0.2) is 0 Å². The topological polar surface area (TPSA) is 47.6 Å². The zero-order valence-corrected chi connectivity index (χ0v) is 16.2. The van der Waals surface area contributed by atoms with E-state index in [2.05, 4.69) is 0 Å². The van der Waals surface area contributed by atoms with Crippen molar-refractivity contribution in [3.8, 4) is 0 Å². The molecule has 0 bridgehead atoms. The quantitative estimate of drug-likeness (QED) is 0.409. The monoisotopic (exact) mass is 551 g/mol. The van der Waals surface area contributed by atoms with E-state index in [1.165, 1.54) is 4.74 Å². The molecule has 1 amide bonds. The Morgan fingerprint density at radius 1 is 0.559 bits per heavy atom. The van der Waals surface area contributed by atoms with E-state index in [4.69, 9.17) is 0 Å². The molecule has 0 aliphatic carbocycles. The molecule has 0 aromatic carbocycles. The lowest BCUT2D eigenvalue weighted by Gasteiger charge is -2.40. The number of hydrogen-bond donors (Lipinski definition) is 1. The second-order valence-electron chi connectivity index (χ2n) is 7.20. The Bertz CT molecular complexity index is 750. The van der Waals surface area contributed by atoms with Gasteiger partial charge in [0.1, 0.15) is 0 Å². The van der Waals surface area contributed by atoms with E-state index in [9.17, 15) is 79.4 Å². The van der Waals surface area contributed by atoms with Gasteiger partial charge in [-0.05, 0) is 20.8 Å². The summed E-state index contributed by atoms with van der Waals surface area (Å²) in [6.07, 6.45) is -38.4. The molecule has 34 heavy (non-hydrogen) atoms. The average Bonchev–Trinajstić information content (AvgIpc) is 2.48. The summed E-state index contributed by atoms with van der Waals surface area (Å²) in [5.74, 6) is -26.0. The lowest BCUT2D eigenvalue weighted by Crippen LogP contribution is -2.69. The van der Waals surface area contributed by atoms with Crippen molar-refractivity contribution in [3.63, 3.8) is 0 Å². The maximum Gasteiger partial charge on any atom is 0.462 e. The molecule has 0 unspecified atom stereocenters. The number of carbonyl (C=O) groups is 1. The highest BCUT2D eigenvalue weighted by Crippen LogP contribution is 2.56. The van der Waals surface area contributed by atoms with Crippen LogP contribution in [0.15, 0.2) is 0 Å². The van der Waals surface area contributed by atoms with Gasteiger partial charge in [0.2, 0.25) is 0 Å². The van der Waals surface area contributed by atoms with Crippen molar-refractivity contribution in [2.24, 2.45) is 0 Å². The van der Waals surface area contributed by atoms with E-state index >= 15 is 0 Å². The molecule has 0 heterocycles. The molecule has 0 saturated heterocycles. The number of carbonyl (C=O) groups excluding carboxylic acids is 1. The van der Waals surface area contributed by atoms with Crippen LogP contribution in [0.2, 0.25) is 0 Å². The Kier molecular flexibility index (Phi) is 7.96. The van der Waals surface area contributed by atoms with Crippen molar-refractivity contribution in [2.45, 2.75) is 74.7 Å². The number of amides is 1. The molecule has 204 valence electrons. The number of rotatable bonds is 7. The van der Waals surface area contributed by atoms with Crippen LogP contribution in [0.25, 0.3) is 0 Å². The molecule has 4 nitrogen and oxygen atoms in total. The predicted molar refractivity (Wildman–Crippen MR) is 70.7 cm³/mol. The first-order valence-electron chi connectivity index (χ1n) is 7.73. The molecule has 0 fully saturated rings. The fraction of sp³-hybridized carbons (Fsp3) is 0.923. The third kappa shape index (κ3) is 5.88. The largest absolute Gasteiger partial charge is 0.462 e. The van der Waals surface area contributed by atoms with Crippen LogP contribution in [0.1, 0.15) is 20.8 Å². The van der Waals surface area contributed by atoms with E-state index in [-0.39, 0.29) is 0 Å². The Balaban J connectivity index is 6.79. The first kappa shape index (κ1) is 32.2. The molecular weight excluding hydrogens is 541 g/mol. The summed E-state index contributed by atoms with van der Waals surface area (Å²) in [5.41, 5.74) is -2.01.